The molecule has 3 heteroatoms. The van der Waals surface area contributed by atoms with E-state index in [0.29, 0.717) is 6.04 Å². The summed E-state index contributed by atoms with van der Waals surface area (Å²) < 4.78 is 5.39. The van der Waals surface area contributed by atoms with Crippen molar-refractivity contribution in [1.29, 1.82) is 0 Å². The summed E-state index contributed by atoms with van der Waals surface area (Å²) in [4.78, 5) is 0. The summed E-state index contributed by atoms with van der Waals surface area (Å²) in [5.74, 6) is 1.50. The summed E-state index contributed by atoms with van der Waals surface area (Å²) in [7, 11) is 0. The molecule has 1 saturated carbocycles. The molecule has 18 heavy (non-hydrogen) atoms. The third kappa shape index (κ3) is 4.52. The third-order valence-corrected chi connectivity index (χ3v) is 4.73. The zero-order valence-corrected chi connectivity index (χ0v) is 11.7. The first kappa shape index (κ1) is 14.3. The van der Waals surface area contributed by atoms with Gasteiger partial charge in [0.2, 0.25) is 0 Å². The van der Waals surface area contributed by atoms with E-state index in [1.807, 2.05) is 0 Å². The van der Waals surface area contributed by atoms with Crippen molar-refractivity contribution in [3.63, 3.8) is 0 Å². The minimum atomic E-state index is -0.157. The summed E-state index contributed by atoms with van der Waals surface area (Å²) in [6.07, 6.45) is 8.54. The van der Waals surface area contributed by atoms with Crippen molar-refractivity contribution in [1.82, 2.24) is 5.32 Å². The standard InChI is InChI=1S/C15H29NO2/c1-12(14-6-8-18-9-7-14)16-11-15(17)10-13-4-2-3-5-13/h12-17H,2-11H2,1H3. The molecule has 1 aliphatic heterocycles. The van der Waals surface area contributed by atoms with E-state index in [1.54, 1.807) is 0 Å². The fraction of sp³-hybridized carbons (Fsp3) is 1.00. The van der Waals surface area contributed by atoms with E-state index in [0.717, 1.165) is 50.9 Å². The second-order valence-corrected chi connectivity index (χ2v) is 6.19. The average Bonchev–Trinajstić information content (AvgIpc) is 2.90. The van der Waals surface area contributed by atoms with Crippen LogP contribution in [0.15, 0.2) is 0 Å². The van der Waals surface area contributed by atoms with Crippen molar-refractivity contribution >= 4 is 0 Å². The SMILES string of the molecule is CC(NCC(O)CC1CCCC1)C1CCOCC1. The van der Waals surface area contributed by atoms with Gasteiger partial charge in [0, 0.05) is 25.8 Å². The number of nitrogens with one attached hydrogen (secondary N) is 1. The van der Waals surface area contributed by atoms with E-state index < -0.39 is 0 Å². The second kappa shape index (κ2) is 7.46. The highest BCUT2D eigenvalue weighted by Crippen LogP contribution is 2.28. The van der Waals surface area contributed by atoms with Crippen molar-refractivity contribution < 1.29 is 9.84 Å². The molecule has 0 spiro atoms. The predicted octanol–water partition coefficient (Wildman–Crippen LogP) is 2.33. The number of aliphatic hydroxyl groups excluding tert-OH is 1. The molecule has 1 saturated heterocycles. The Morgan fingerprint density at radius 1 is 1.17 bits per heavy atom. The molecular weight excluding hydrogens is 226 g/mol. The lowest BCUT2D eigenvalue weighted by molar-refractivity contribution is 0.0529. The first-order valence-corrected chi connectivity index (χ1v) is 7.75. The molecule has 2 rings (SSSR count). The van der Waals surface area contributed by atoms with Gasteiger partial charge < -0.3 is 15.2 Å². The van der Waals surface area contributed by atoms with Crippen molar-refractivity contribution in [3.05, 3.63) is 0 Å². The summed E-state index contributed by atoms with van der Waals surface area (Å²) in [5.41, 5.74) is 0. The van der Waals surface area contributed by atoms with Gasteiger partial charge in [0.1, 0.15) is 0 Å². The van der Waals surface area contributed by atoms with Crippen LogP contribution in [0.5, 0.6) is 0 Å². The van der Waals surface area contributed by atoms with E-state index in [2.05, 4.69) is 12.2 Å². The van der Waals surface area contributed by atoms with Crippen LogP contribution in [-0.4, -0.2) is 37.0 Å². The number of hydrogen-bond acceptors (Lipinski definition) is 3. The van der Waals surface area contributed by atoms with Crippen LogP contribution in [0.4, 0.5) is 0 Å². The van der Waals surface area contributed by atoms with Crippen molar-refractivity contribution in [2.24, 2.45) is 11.8 Å². The van der Waals surface area contributed by atoms with E-state index in [1.165, 1.54) is 25.7 Å². The average molecular weight is 255 g/mol. The van der Waals surface area contributed by atoms with Gasteiger partial charge in [0.15, 0.2) is 0 Å². The van der Waals surface area contributed by atoms with Gasteiger partial charge >= 0.3 is 0 Å². The molecule has 2 N–H and O–H groups in total. The summed E-state index contributed by atoms with van der Waals surface area (Å²) >= 11 is 0. The largest absolute Gasteiger partial charge is 0.392 e. The molecule has 2 fully saturated rings. The van der Waals surface area contributed by atoms with Crippen LogP contribution >= 0.6 is 0 Å². The Morgan fingerprint density at radius 3 is 2.50 bits per heavy atom. The monoisotopic (exact) mass is 255 g/mol. The van der Waals surface area contributed by atoms with Gasteiger partial charge in [0.05, 0.1) is 6.10 Å². The van der Waals surface area contributed by atoms with Crippen LogP contribution in [0.3, 0.4) is 0 Å². The Hall–Kier alpha value is -0.120. The molecule has 2 aliphatic rings. The Kier molecular flexibility index (Phi) is 5.93. The number of rotatable bonds is 6. The maximum atomic E-state index is 10.1. The van der Waals surface area contributed by atoms with Gasteiger partial charge in [-0.3, -0.25) is 0 Å². The lowest BCUT2D eigenvalue weighted by Gasteiger charge is -2.29. The van der Waals surface area contributed by atoms with Gasteiger partial charge in [-0.15, -0.1) is 0 Å². The Morgan fingerprint density at radius 2 is 1.83 bits per heavy atom. The highest BCUT2D eigenvalue weighted by Gasteiger charge is 2.22. The van der Waals surface area contributed by atoms with Crippen molar-refractivity contribution in [2.75, 3.05) is 19.8 Å². The lowest BCUT2D eigenvalue weighted by Crippen LogP contribution is -2.40. The van der Waals surface area contributed by atoms with Crippen LogP contribution in [0.1, 0.15) is 51.9 Å². The van der Waals surface area contributed by atoms with E-state index >= 15 is 0 Å². The summed E-state index contributed by atoms with van der Waals surface area (Å²) in [6.45, 7) is 4.82. The molecule has 2 unspecified atom stereocenters. The first-order valence-electron chi connectivity index (χ1n) is 7.75. The molecule has 3 nitrogen and oxygen atoms in total. The van der Waals surface area contributed by atoms with E-state index in [9.17, 15) is 5.11 Å². The first-order chi connectivity index (χ1) is 8.75. The van der Waals surface area contributed by atoms with Crippen LogP contribution in [0, 0.1) is 11.8 Å². The molecular formula is C15H29NO2. The van der Waals surface area contributed by atoms with E-state index in [-0.39, 0.29) is 6.10 Å². The third-order valence-electron chi connectivity index (χ3n) is 4.73. The Bertz CT molecular complexity index is 223. The Balaban J connectivity index is 1.60. The highest BCUT2D eigenvalue weighted by molar-refractivity contribution is 4.77. The quantitative estimate of drug-likeness (QED) is 0.765. The summed E-state index contributed by atoms with van der Waals surface area (Å²) in [5, 5.41) is 13.6. The fourth-order valence-corrected chi connectivity index (χ4v) is 3.42. The maximum Gasteiger partial charge on any atom is 0.0667 e. The molecule has 0 aromatic heterocycles. The fourth-order valence-electron chi connectivity index (χ4n) is 3.42. The van der Waals surface area contributed by atoms with Gasteiger partial charge in [-0.1, -0.05) is 25.7 Å². The van der Waals surface area contributed by atoms with Crippen LogP contribution in [0.25, 0.3) is 0 Å². The minimum absolute atomic E-state index is 0.157. The molecule has 0 amide bonds. The zero-order chi connectivity index (χ0) is 12.8. The second-order valence-electron chi connectivity index (χ2n) is 6.19. The minimum Gasteiger partial charge on any atom is -0.392 e. The zero-order valence-electron chi connectivity index (χ0n) is 11.7. The normalized spacial score (nSPS) is 26.3. The van der Waals surface area contributed by atoms with Gasteiger partial charge in [-0.2, -0.15) is 0 Å². The topological polar surface area (TPSA) is 41.5 Å². The van der Waals surface area contributed by atoms with Gasteiger partial charge in [0.25, 0.3) is 0 Å². The lowest BCUT2D eigenvalue weighted by atomic mass is 9.92. The van der Waals surface area contributed by atoms with Crippen LogP contribution < -0.4 is 5.32 Å². The highest BCUT2D eigenvalue weighted by atomic mass is 16.5. The molecule has 0 bridgehead atoms. The molecule has 106 valence electrons. The van der Waals surface area contributed by atoms with Gasteiger partial charge in [-0.25, -0.2) is 0 Å². The number of hydrogen-bond donors (Lipinski definition) is 2. The maximum absolute atomic E-state index is 10.1. The molecule has 0 aromatic rings. The molecule has 0 radical (unpaired) electrons. The van der Waals surface area contributed by atoms with Gasteiger partial charge in [-0.05, 0) is 38.0 Å². The molecule has 1 aliphatic carbocycles. The van der Waals surface area contributed by atoms with Crippen molar-refractivity contribution in [2.45, 2.75) is 64.0 Å². The number of ether oxygens (including phenoxy) is 1. The van der Waals surface area contributed by atoms with E-state index in [4.69, 9.17) is 4.74 Å². The number of aliphatic hydroxyl groups is 1. The van der Waals surface area contributed by atoms with Crippen LogP contribution in [0.2, 0.25) is 0 Å². The molecule has 2 atom stereocenters. The predicted molar refractivity (Wildman–Crippen MR) is 73.6 cm³/mol. The smallest absolute Gasteiger partial charge is 0.0667 e. The summed E-state index contributed by atoms with van der Waals surface area (Å²) in [6, 6.07) is 0.507. The molecule has 1 heterocycles. The van der Waals surface area contributed by atoms with Crippen molar-refractivity contribution in [3.8, 4) is 0 Å². The van der Waals surface area contributed by atoms with Crippen LogP contribution in [-0.2, 0) is 4.74 Å². The molecule has 0 aromatic carbocycles. The Labute approximate surface area is 111 Å².